The van der Waals surface area contributed by atoms with Gasteiger partial charge in [0.15, 0.2) is 14.1 Å². The van der Waals surface area contributed by atoms with Gasteiger partial charge >= 0.3 is 0 Å². The number of fused-ring (bicyclic) bond motifs is 8. The van der Waals surface area contributed by atoms with Crippen molar-refractivity contribution in [3.8, 4) is 0 Å². The zero-order valence-electron chi connectivity index (χ0n) is 24.1. The van der Waals surface area contributed by atoms with E-state index < -0.39 is 14.1 Å². The summed E-state index contributed by atoms with van der Waals surface area (Å²) in [5, 5.41) is 11.0. The van der Waals surface area contributed by atoms with E-state index in [1.165, 1.54) is 12.8 Å². The van der Waals surface area contributed by atoms with Crippen molar-refractivity contribution in [2.24, 2.45) is 34.5 Å². The zero-order chi connectivity index (χ0) is 25.8. The Morgan fingerprint density at radius 1 is 1.03 bits per heavy atom. The lowest BCUT2D eigenvalue weighted by Gasteiger charge is -2.65. The lowest BCUT2D eigenvalue weighted by molar-refractivity contribution is -0.213. The molecule has 4 nitrogen and oxygen atoms in total. The number of aliphatic hydroxyl groups excluding tert-OH is 1. The summed E-state index contributed by atoms with van der Waals surface area (Å²) in [5.74, 6) is 1.23. The molecule has 0 unspecified atom stereocenters. The van der Waals surface area contributed by atoms with Crippen LogP contribution >= 0.6 is 0 Å². The van der Waals surface area contributed by atoms with Crippen LogP contribution in [0, 0.1) is 34.5 Å². The Balaban J connectivity index is 1.65. The molecule has 200 valence electrons. The predicted octanol–water partition coefficient (Wildman–Crippen LogP) is 7.08. The van der Waals surface area contributed by atoms with Gasteiger partial charge in [0, 0.05) is 6.10 Å². The monoisotopic (exact) mass is 504 g/mol. The summed E-state index contributed by atoms with van der Waals surface area (Å²) in [6.45, 7) is 23.4. The Bertz CT molecular complexity index is 874. The highest BCUT2D eigenvalue weighted by Crippen LogP contribution is 2.70. The van der Waals surface area contributed by atoms with Gasteiger partial charge in [0.1, 0.15) is 0 Å². The lowest BCUT2D eigenvalue weighted by Crippen LogP contribution is -2.67. The number of ether oxygens (including phenoxy) is 2. The molecule has 4 aliphatic carbocycles. The topological polar surface area (TPSA) is 47.9 Å². The molecule has 1 saturated heterocycles. The first-order valence-electron chi connectivity index (χ1n) is 14.4. The van der Waals surface area contributed by atoms with E-state index in [2.05, 4.69) is 74.6 Å². The van der Waals surface area contributed by atoms with E-state index in [1.807, 2.05) is 0 Å². The molecule has 0 aromatic heterocycles. The third-order valence-corrected chi connectivity index (χ3v) is 16.4. The van der Waals surface area contributed by atoms with Gasteiger partial charge in [-0.15, -0.1) is 0 Å². The maximum atomic E-state index is 10.8. The van der Waals surface area contributed by atoms with Crippen LogP contribution in [0.2, 0.25) is 18.1 Å². The fraction of sp³-hybridized carbons (Fsp3) is 0.933. The van der Waals surface area contributed by atoms with Crippen molar-refractivity contribution in [2.75, 3.05) is 0 Å². The van der Waals surface area contributed by atoms with Crippen molar-refractivity contribution < 1.29 is 19.0 Å². The van der Waals surface area contributed by atoms with Crippen LogP contribution in [0.4, 0.5) is 0 Å². The average Bonchev–Trinajstić information content (AvgIpc) is 3.22. The van der Waals surface area contributed by atoms with Crippen molar-refractivity contribution in [1.29, 1.82) is 0 Å². The van der Waals surface area contributed by atoms with Crippen molar-refractivity contribution in [1.82, 2.24) is 0 Å². The first kappa shape index (κ1) is 26.4. The number of rotatable bonds is 2. The fourth-order valence-electron chi connectivity index (χ4n) is 9.23. The molecule has 0 aromatic carbocycles. The van der Waals surface area contributed by atoms with Crippen LogP contribution in [-0.4, -0.2) is 43.6 Å². The summed E-state index contributed by atoms with van der Waals surface area (Å²) in [4.78, 5) is 0. The van der Waals surface area contributed by atoms with Crippen LogP contribution in [0.1, 0.15) is 93.9 Å². The molecule has 5 fully saturated rings. The molecule has 0 aromatic rings. The molecule has 1 heterocycles. The summed E-state index contributed by atoms with van der Waals surface area (Å²) in [5.41, 5.74) is 1.90. The Morgan fingerprint density at radius 3 is 2.31 bits per heavy atom. The van der Waals surface area contributed by atoms with E-state index in [0.29, 0.717) is 23.7 Å². The van der Waals surface area contributed by atoms with Crippen LogP contribution < -0.4 is 0 Å². The molecule has 10 atom stereocenters. The maximum absolute atomic E-state index is 10.8. The highest BCUT2D eigenvalue weighted by atomic mass is 28.4. The minimum Gasteiger partial charge on any atom is -0.414 e. The van der Waals surface area contributed by atoms with Gasteiger partial charge in [-0.25, -0.2) is 0 Å². The fourth-order valence-corrected chi connectivity index (χ4v) is 10.6. The smallest absolute Gasteiger partial charge is 0.192 e. The summed E-state index contributed by atoms with van der Waals surface area (Å²) < 4.78 is 21.1. The molecule has 35 heavy (non-hydrogen) atoms. The van der Waals surface area contributed by atoms with E-state index in [4.69, 9.17) is 13.9 Å². The minimum absolute atomic E-state index is 0.0664. The largest absolute Gasteiger partial charge is 0.414 e. The van der Waals surface area contributed by atoms with Gasteiger partial charge in [0.05, 0.1) is 18.3 Å². The second kappa shape index (κ2) is 8.15. The van der Waals surface area contributed by atoms with Crippen molar-refractivity contribution >= 4 is 8.32 Å². The summed E-state index contributed by atoms with van der Waals surface area (Å²) in [6.07, 6.45) is 8.92. The van der Waals surface area contributed by atoms with Gasteiger partial charge in [-0.2, -0.15) is 0 Å². The van der Waals surface area contributed by atoms with Gasteiger partial charge in [0.25, 0.3) is 0 Å². The maximum Gasteiger partial charge on any atom is 0.192 e. The van der Waals surface area contributed by atoms with E-state index in [-0.39, 0.29) is 40.3 Å². The van der Waals surface area contributed by atoms with Crippen LogP contribution in [-0.2, 0) is 13.9 Å². The Labute approximate surface area is 215 Å². The second-order valence-electron chi connectivity index (χ2n) is 15.2. The van der Waals surface area contributed by atoms with Gasteiger partial charge in [0.2, 0.25) is 0 Å². The van der Waals surface area contributed by atoms with Crippen LogP contribution in [0.15, 0.2) is 11.6 Å². The van der Waals surface area contributed by atoms with E-state index >= 15 is 0 Å². The quantitative estimate of drug-likeness (QED) is 0.322. The standard InChI is InChI=1S/C30H52O4Si/c1-11-18-12-13-20-23-24(22(17-30(18,20)8)34-35(9,10)27(2,3)4)29(7)15-14-19(31)16-21(29)25-26(23)33-28(5,6)32-25/h11,19-26,31H,12-17H2,1-10H3/b18-11-/t19-,20-,21+,22-,23-,24-,25+,26+,29-,30+/m0/s1. The number of allylic oxidation sites excluding steroid dienone is 2. The molecule has 5 rings (SSSR count). The molecule has 5 aliphatic rings. The lowest BCUT2D eigenvalue weighted by atomic mass is 9.43. The van der Waals surface area contributed by atoms with Crippen molar-refractivity contribution in [2.45, 2.75) is 142 Å². The molecule has 0 amide bonds. The number of aliphatic hydroxyl groups is 1. The molecular weight excluding hydrogens is 452 g/mol. The van der Waals surface area contributed by atoms with Gasteiger partial charge in [-0.3, -0.25) is 0 Å². The summed E-state index contributed by atoms with van der Waals surface area (Å²) in [7, 11) is -1.98. The Morgan fingerprint density at radius 2 is 1.69 bits per heavy atom. The Kier molecular flexibility index (Phi) is 6.15. The third-order valence-electron chi connectivity index (χ3n) is 11.9. The van der Waals surface area contributed by atoms with Gasteiger partial charge in [-0.05, 0) is 112 Å². The molecule has 1 N–H and O–H groups in total. The summed E-state index contributed by atoms with van der Waals surface area (Å²) in [6, 6.07) is 0. The molecule has 1 aliphatic heterocycles. The molecule has 0 bridgehead atoms. The van der Waals surface area contributed by atoms with Crippen molar-refractivity contribution in [3.63, 3.8) is 0 Å². The molecule has 0 radical (unpaired) electrons. The predicted molar refractivity (Wildman–Crippen MR) is 144 cm³/mol. The van der Waals surface area contributed by atoms with Crippen LogP contribution in [0.25, 0.3) is 0 Å². The van der Waals surface area contributed by atoms with Crippen LogP contribution in [0.3, 0.4) is 0 Å². The zero-order valence-corrected chi connectivity index (χ0v) is 25.1. The first-order chi connectivity index (χ1) is 16.0. The molecule has 4 saturated carbocycles. The molecule has 5 heteroatoms. The highest BCUT2D eigenvalue weighted by molar-refractivity contribution is 6.74. The number of hydrogen-bond acceptors (Lipinski definition) is 4. The van der Waals surface area contributed by atoms with E-state index in [1.54, 1.807) is 5.57 Å². The first-order valence-corrected chi connectivity index (χ1v) is 17.3. The van der Waals surface area contributed by atoms with Crippen LogP contribution in [0.5, 0.6) is 0 Å². The third kappa shape index (κ3) is 3.88. The van der Waals surface area contributed by atoms with E-state index in [0.717, 1.165) is 25.7 Å². The average molecular weight is 505 g/mol. The molecular formula is C30H52O4Si. The second-order valence-corrected chi connectivity index (χ2v) is 20.0. The van der Waals surface area contributed by atoms with E-state index in [9.17, 15) is 5.11 Å². The highest BCUT2D eigenvalue weighted by Gasteiger charge is 2.70. The normalized spacial score (nSPS) is 50.4. The van der Waals surface area contributed by atoms with Gasteiger partial charge < -0.3 is 19.0 Å². The minimum atomic E-state index is -1.98. The Hall–Kier alpha value is -0.203. The van der Waals surface area contributed by atoms with Crippen molar-refractivity contribution in [3.05, 3.63) is 11.6 Å². The number of hydrogen-bond donors (Lipinski definition) is 1. The van der Waals surface area contributed by atoms with Gasteiger partial charge in [-0.1, -0.05) is 46.3 Å². The summed E-state index contributed by atoms with van der Waals surface area (Å²) >= 11 is 0. The SMILES string of the molecule is C/C=C1/CC[C@H]2[C@@H]3[C@H]4OC(C)(C)O[C@@H]4[C@H]4C[C@@H](O)CC[C@]4(C)[C@H]3[C@@H](O[Si](C)(C)C(C)(C)C)C[C@]12C. The molecule has 0 spiro atoms.